The van der Waals surface area contributed by atoms with Crippen LogP contribution in [0.25, 0.3) is 0 Å². The Bertz CT molecular complexity index is 1410. The Morgan fingerprint density at radius 2 is 1.35 bits per heavy atom. The summed E-state index contributed by atoms with van der Waals surface area (Å²) in [6.45, 7) is 2.77. The van der Waals surface area contributed by atoms with Crippen molar-refractivity contribution in [2.75, 3.05) is 38.0 Å². The summed E-state index contributed by atoms with van der Waals surface area (Å²) in [4.78, 5) is 2.48. The lowest BCUT2D eigenvalue weighted by molar-refractivity contribution is 0.0695. The van der Waals surface area contributed by atoms with Crippen LogP contribution in [0.5, 0.6) is 0 Å². The molecule has 0 unspecified atom stereocenters. The molecule has 0 atom stereocenters. The van der Waals surface area contributed by atoms with E-state index in [0.29, 0.717) is 12.2 Å². The molecule has 0 amide bonds. The first-order chi connectivity index (χ1) is 16.1. The minimum absolute atomic E-state index is 0.0605. The number of benzene rings is 3. The van der Waals surface area contributed by atoms with E-state index in [1.54, 1.807) is 0 Å². The van der Waals surface area contributed by atoms with E-state index >= 15 is 0 Å². The Morgan fingerprint density at radius 3 is 2.00 bits per heavy atom. The molecule has 2 heterocycles. The van der Waals surface area contributed by atoms with E-state index < -0.39 is 20.0 Å². The Balaban J connectivity index is 1.41. The normalized spacial score (nSPS) is 17.7. The number of likely N-dealkylation sites (tertiary alicyclic amines) is 1. The molecule has 0 aromatic heterocycles. The fraction of sp³-hybridized carbons (Fsp3) is 0.280. The topological polar surface area (TPSA) is 78.0 Å². The van der Waals surface area contributed by atoms with E-state index in [1.807, 2.05) is 42.5 Å². The van der Waals surface area contributed by atoms with Gasteiger partial charge in [-0.2, -0.15) is 0 Å². The highest BCUT2D eigenvalue weighted by molar-refractivity contribution is 7.93. The van der Waals surface area contributed by atoms with Gasteiger partial charge in [0.15, 0.2) is 0 Å². The highest BCUT2D eigenvalue weighted by atomic mass is 32.2. The summed E-state index contributed by atoms with van der Waals surface area (Å²) >= 11 is 0. The van der Waals surface area contributed by atoms with Gasteiger partial charge in [0, 0.05) is 45.7 Å². The molecule has 3 aromatic rings. The molecule has 1 fully saturated rings. The van der Waals surface area contributed by atoms with Gasteiger partial charge in [-0.15, -0.1) is 0 Å². The average molecular weight is 498 g/mol. The summed E-state index contributed by atoms with van der Waals surface area (Å²) in [6, 6.07) is 23.4. The number of para-hydroxylation sites is 1. The third kappa shape index (κ3) is 3.73. The third-order valence-corrected chi connectivity index (χ3v) is 10.3. The first-order valence-corrected chi connectivity index (χ1v) is 13.9. The molecule has 5 rings (SSSR count). The summed E-state index contributed by atoms with van der Waals surface area (Å²) < 4.78 is 54.6. The van der Waals surface area contributed by atoms with Crippen molar-refractivity contribution in [1.82, 2.24) is 9.21 Å². The maximum Gasteiger partial charge on any atom is 0.264 e. The van der Waals surface area contributed by atoms with Crippen LogP contribution < -0.4 is 4.31 Å². The molecule has 0 aliphatic carbocycles. The predicted molar refractivity (Wildman–Crippen MR) is 132 cm³/mol. The van der Waals surface area contributed by atoms with Crippen LogP contribution in [0.1, 0.15) is 11.1 Å². The van der Waals surface area contributed by atoms with Gasteiger partial charge in [-0.05, 0) is 41.5 Å². The molecule has 2 aliphatic heterocycles. The van der Waals surface area contributed by atoms with Crippen molar-refractivity contribution >= 4 is 25.7 Å². The highest BCUT2D eigenvalue weighted by Gasteiger charge is 2.53. The molecule has 9 heteroatoms. The second-order valence-electron chi connectivity index (χ2n) is 9.20. The van der Waals surface area contributed by atoms with Crippen molar-refractivity contribution in [2.24, 2.45) is 0 Å². The first-order valence-electron chi connectivity index (χ1n) is 11.0. The zero-order valence-electron chi connectivity index (χ0n) is 19.1. The SMILES string of the molecule is CN(C)S(=O)(=O)c1ccc(S(=O)(=O)N2CC3(CN(Cc4ccccc4)C3)c3ccccc32)cc1. The predicted octanol–water partition coefficient (Wildman–Crippen LogP) is 2.90. The molecular weight excluding hydrogens is 470 g/mol. The molecule has 0 N–H and O–H groups in total. The van der Waals surface area contributed by atoms with Crippen molar-refractivity contribution < 1.29 is 16.8 Å². The van der Waals surface area contributed by atoms with E-state index in [2.05, 4.69) is 17.0 Å². The Kier molecular flexibility index (Phi) is 5.55. The van der Waals surface area contributed by atoms with Crippen LogP contribution in [0.15, 0.2) is 88.7 Å². The van der Waals surface area contributed by atoms with Crippen molar-refractivity contribution in [1.29, 1.82) is 0 Å². The Morgan fingerprint density at radius 1 is 0.765 bits per heavy atom. The van der Waals surface area contributed by atoms with Crippen LogP contribution >= 0.6 is 0 Å². The fourth-order valence-corrected chi connectivity index (χ4v) is 7.43. The first kappa shape index (κ1) is 23.0. The van der Waals surface area contributed by atoms with E-state index in [1.165, 1.54) is 48.2 Å². The van der Waals surface area contributed by atoms with Crippen LogP contribution in [-0.2, 0) is 32.0 Å². The van der Waals surface area contributed by atoms with E-state index in [9.17, 15) is 16.8 Å². The van der Waals surface area contributed by atoms with Gasteiger partial charge in [-0.25, -0.2) is 21.1 Å². The molecule has 3 aromatic carbocycles. The molecular formula is C25H27N3O4S2. The summed E-state index contributed by atoms with van der Waals surface area (Å²) in [5.74, 6) is 0. The number of rotatable bonds is 6. The van der Waals surface area contributed by atoms with E-state index in [4.69, 9.17) is 0 Å². The molecule has 34 heavy (non-hydrogen) atoms. The van der Waals surface area contributed by atoms with Crippen LogP contribution in [-0.4, -0.2) is 59.8 Å². The third-order valence-electron chi connectivity index (χ3n) is 6.68. The van der Waals surface area contributed by atoms with Crippen LogP contribution in [0.4, 0.5) is 5.69 Å². The minimum atomic E-state index is -3.85. The van der Waals surface area contributed by atoms with Gasteiger partial charge in [0.1, 0.15) is 0 Å². The van der Waals surface area contributed by atoms with E-state index in [-0.39, 0.29) is 15.2 Å². The van der Waals surface area contributed by atoms with Gasteiger partial charge in [-0.1, -0.05) is 48.5 Å². The quantitative estimate of drug-likeness (QED) is 0.523. The number of sulfonamides is 2. The van der Waals surface area contributed by atoms with Gasteiger partial charge in [0.25, 0.3) is 10.0 Å². The van der Waals surface area contributed by atoms with Gasteiger partial charge in [0.2, 0.25) is 10.0 Å². The Hall–Kier alpha value is -2.72. The van der Waals surface area contributed by atoms with Crippen molar-refractivity contribution in [2.45, 2.75) is 21.8 Å². The lowest BCUT2D eigenvalue weighted by atomic mass is 9.75. The van der Waals surface area contributed by atoms with Crippen LogP contribution in [0.2, 0.25) is 0 Å². The van der Waals surface area contributed by atoms with Gasteiger partial charge in [0.05, 0.1) is 15.5 Å². The summed E-state index contributed by atoms with van der Waals surface area (Å²) in [6.07, 6.45) is 0. The number of hydrogen-bond acceptors (Lipinski definition) is 5. The second-order valence-corrected chi connectivity index (χ2v) is 13.2. The molecule has 1 saturated heterocycles. The summed E-state index contributed by atoms with van der Waals surface area (Å²) in [5, 5.41) is 0. The van der Waals surface area contributed by atoms with Gasteiger partial charge >= 0.3 is 0 Å². The maximum atomic E-state index is 13.6. The zero-order valence-corrected chi connectivity index (χ0v) is 20.8. The highest BCUT2D eigenvalue weighted by Crippen LogP contribution is 2.48. The van der Waals surface area contributed by atoms with Crippen molar-refractivity contribution in [3.05, 3.63) is 90.0 Å². The van der Waals surface area contributed by atoms with Gasteiger partial charge in [-0.3, -0.25) is 9.21 Å². The molecule has 178 valence electrons. The smallest absolute Gasteiger partial charge is 0.264 e. The largest absolute Gasteiger partial charge is 0.297 e. The van der Waals surface area contributed by atoms with Crippen molar-refractivity contribution in [3.63, 3.8) is 0 Å². The molecule has 0 radical (unpaired) electrons. The molecule has 1 spiro atoms. The maximum absolute atomic E-state index is 13.6. The lowest BCUT2D eigenvalue weighted by Crippen LogP contribution is -2.60. The van der Waals surface area contributed by atoms with Gasteiger partial charge < -0.3 is 0 Å². The van der Waals surface area contributed by atoms with Crippen LogP contribution in [0.3, 0.4) is 0 Å². The molecule has 0 saturated carbocycles. The number of anilines is 1. The number of hydrogen-bond donors (Lipinski definition) is 0. The molecule has 0 bridgehead atoms. The zero-order chi connectivity index (χ0) is 24.1. The van der Waals surface area contributed by atoms with Crippen molar-refractivity contribution in [3.8, 4) is 0 Å². The molecule has 2 aliphatic rings. The average Bonchev–Trinajstić information content (AvgIpc) is 3.16. The number of nitrogens with zero attached hydrogens (tertiary/aromatic N) is 3. The minimum Gasteiger partial charge on any atom is -0.297 e. The van der Waals surface area contributed by atoms with Crippen LogP contribution in [0, 0.1) is 0 Å². The van der Waals surface area contributed by atoms with E-state index in [0.717, 1.165) is 29.5 Å². The second kappa shape index (κ2) is 8.20. The monoisotopic (exact) mass is 497 g/mol. The Labute approximate surface area is 201 Å². The summed E-state index contributed by atoms with van der Waals surface area (Å²) in [7, 11) is -4.60. The standard InChI is InChI=1S/C25H27N3O4S2/c1-26(2)33(29,30)21-12-14-22(15-13-21)34(31,32)28-19-25(23-10-6-7-11-24(23)28)17-27(18-25)16-20-8-4-3-5-9-20/h3-15H,16-19H2,1-2H3. The lowest BCUT2D eigenvalue weighted by Gasteiger charge is -2.48. The summed E-state index contributed by atoms with van der Waals surface area (Å²) in [5.41, 5.74) is 2.74. The number of fused-ring (bicyclic) bond motifs is 2. The molecule has 7 nitrogen and oxygen atoms in total. The fourth-order valence-electron chi connectivity index (χ4n) is 4.95.